The van der Waals surface area contributed by atoms with Gasteiger partial charge in [0.2, 0.25) is 11.8 Å². The number of hydrogen-bond acceptors (Lipinski definition) is 4. The Bertz CT molecular complexity index is 622. The van der Waals surface area contributed by atoms with Gasteiger partial charge in [-0.25, -0.2) is 0 Å². The van der Waals surface area contributed by atoms with Gasteiger partial charge in [-0.3, -0.25) is 9.59 Å². The van der Waals surface area contributed by atoms with Crippen LogP contribution in [-0.2, 0) is 9.59 Å². The predicted molar refractivity (Wildman–Crippen MR) is 112 cm³/mol. The number of nitrogens with zero attached hydrogens (tertiary/aromatic N) is 1. The molecular formula is C20H30Cl2N2O4. The van der Waals surface area contributed by atoms with Crippen LogP contribution in [0.4, 0.5) is 0 Å². The summed E-state index contributed by atoms with van der Waals surface area (Å²) in [6.07, 6.45) is 2.04. The molecule has 0 fully saturated rings. The van der Waals surface area contributed by atoms with Gasteiger partial charge >= 0.3 is 0 Å². The van der Waals surface area contributed by atoms with E-state index in [0.29, 0.717) is 23.6 Å². The topological polar surface area (TPSA) is 78.9 Å². The zero-order valence-corrected chi connectivity index (χ0v) is 18.1. The molecule has 0 aliphatic heterocycles. The van der Waals surface area contributed by atoms with Crippen molar-refractivity contribution < 1.29 is 19.4 Å². The molecule has 0 spiro atoms. The first-order valence-corrected chi connectivity index (χ1v) is 10.4. The lowest BCUT2D eigenvalue weighted by Gasteiger charge is -2.21. The molecular weight excluding hydrogens is 403 g/mol. The number of ether oxygens (including phenoxy) is 1. The molecule has 1 unspecified atom stereocenters. The number of rotatable bonds is 13. The van der Waals surface area contributed by atoms with E-state index < -0.39 is 6.10 Å². The molecule has 2 N–H and O–H groups in total. The number of aliphatic hydroxyl groups excluding tert-OH is 1. The average molecular weight is 433 g/mol. The van der Waals surface area contributed by atoms with Crippen molar-refractivity contribution in [3.05, 3.63) is 28.2 Å². The second-order valence-electron chi connectivity index (χ2n) is 6.56. The highest BCUT2D eigenvalue weighted by Gasteiger charge is 2.13. The second kappa shape index (κ2) is 13.6. The monoisotopic (exact) mass is 432 g/mol. The number of halogens is 2. The number of nitrogens with one attached hydrogen (secondary N) is 1. The smallest absolute Gasteiger partial charge is 0.222 e. The minimum absolute atomic E-state index is 0.0260. The highest BCUT2D eigenvalue weighted by molar-refractivity contribution is 6.42. The van der Waals surface area contributed by atoms with Gasteiger partial charge in [0, 0.05) is 32.5 Å². The van der Waals surface area contributed by atoms with E-state index in [9.17, 15) is 14.7 Å². The first kappa shape index (κ1) is 24.5. The molecule has 0 bridgehead atoms. The molecule has 0 saturated carbocycles. The van der Waals surface area contributed by atoms with Crippen LogP contribution in [0.2, 0.25) is 10.0 Å². The largest absolute Gasteiger partial charge is 0.489 e. The minimum Gasteiger partial charge on any atom is -0.489 e. The summed E-state index contributed by atoms with van der Waals surface area (Å²) in [4.78, 5) is 25.9. The Morgan fingerprint density at radius 3 is 2.50 bits per heavy atom. The predicted octanol–water partition coefficient (Wildman–Crippen LogP) is 3.67. The number of carbonyl (C=O) groups is 2. The van der Waals surface area contributed by atoms with E-state index >= 15 is 0 Å². The Morgan fingerprint density at radius 1 is 1.18 bits per heavy atom. The molecule has 0 aromatic heterocycles. The molecule has 8 heteroatoms. The molecule has 2 amide bonds. The SMILES string of the molecule is CCCN(CCC)C(=O)CCCC(=O)NCC(O)COc1cccc(Cl)c1Cl. The van der Waals surface area contributed by atoms with Crippen molar-refractivity contribution in [2.45, 2.75) is 52.1 Å². The van der Waals surface area contributed by atoms with E-state index in [4.69, 9.17) is 27.9 Å². The van der Waals surface area contributed by atoms with Crippen molar-refractivity contribution in [3.63, 3.8) is 0 Å². The van der Waals surface area contributed by atoms with Crippen LogP contribution in [0.3, 0.4) is 0 Å². The minimum atomic E-state index is -0.884. The number of aliphatic hydroxyl groups is 1. The summed E-state index contributed by atoms with van der Waals surface area (Å²) >= 11 is 11.9. The highest BCUT2D eigenvalue weighted by atomic mass is 35.5. The molecule has 6 nitrogen and oxygen atoms in total. The maximum Gasteiger partial charge on any atom is 0.222 e. The van der Waals surface area contributed by atoms with Gasteiger partial charge in [-0.2, -0.15) is 0 Å². The van der Waals surface area contributed by atoms with Crippen molar-refractivity contribution >= 4 is 35.0 Å². The third-order valence-corrected chi connectivity index (χ3v) is 4.82. The van der Waals surface area contributed by atoms with Crippen LogP contribution in [0.25, 0.3) is 0 Å². The van der Waals surface area contributed by atoms with Gasteiger partial charge in [-0.1, -0.05) is 43.1 Å². The van der Waals surface area contributed by atoms with E-state index in [2.05, 4.69) is 5.32 Å². The molecule has 1 atom stereocenters. The van der Waals surface area contributed by atoms with E-state index in [1.165, 1.54) is 0 Å². The summed E-state index contributed by atoms with van der Waals surface area (Å²) in [5, 5.41) is 13.2. The van der Waals surface area contributed by atoms with Crippen LogP contribution in [0.1, 0.15) is 46.0 Å². The van der Waals surface area contributed by atoms with E-state index in [1.54, 1.807) is 18.2 Å². The fourth-order valence-corrected chi connectivity index (χ4v) is 2.97. The summed E-state index contributed by atoms with van der Waals surface area (Å²) in [7, 11) is 0. The van der Waals surface area contributed by atoms with Gasteiger partial charge in [-0.05, 0) is 31.4 Å². The Hall–Kier alpha value is -1.50. The fraction of sp³-hybridized carbons (Fsp3) is 0.600. The Morgan fingerprint density at radius 2 is 1.86 bits per heavy atom. The lowest BCUT2D eigenvalue weighted by atomic mass is 10.2. The first-order valence-electron chi connectivity index (χ1n) is 9.68. The zero-order chi connectivity index (χ0) is 20.9. The van der Waals surface area contributed by atoms with Crippen molar-refractivity contribution in [3.8, 4) is 5.75 Å². The van der Waals surface area contributed by atoms with Crippen molar-refractivity contribution in [2.75, 3.05) is 26.2 Å². The van der Waals surface area contributed by atoms with Crippen molar-refractivity contribution in [2.24, 2.45) is 0 Å². The van der Waals surface area contributed by atoms with E-state index in [0.717, 1.165) is 25.9 Å². The molecule has 28 heavy (non-hydrogen) atoms. The van der Waals surface area contributed by atoms with E-state index in [1.807, 2.05) is 18.7 Å². The van der Waals surface area contributed by atoms with Gasteiger partial charge in [0.15, 0.2) is 0 Å². The van der Waals surface area contributed by atoms with Crippen molar-refractivity contribution in [1.82, 2.24) is 10.2 Å². The van der Waals surface area contributed by atoms with Crippen LogP contribution in [0.15, 0.2) is 18.2 Å². The van der Waals surface area contributed by atoms with Crippen LogP contribution in [-0.4, -0.2) is 54.2 Å². The molecule has 0 heterocycles. The summed E-state index contributed by atoms with van der Waals surface area (Å²) < 4.78 is 5.43. The maximum absolute atomic E-state index is 12.2. The average Bonchev–Trinajstić information content (AvgIpc) is 2.67. The van der Waals surface area contributed by atoms with Gasteiger partial charge in [0.1, 0.15) is 23.5 Å². The van der Waals surface area contributed by atoms with Crippen molar-refractivity contribution in [1.29, 1.82) is 0 Å². The molecule has 1 aromatic carbocycles. The lowest BCUT2D eigenvalue weighted by Crippen LogP contribution is -2.35. The number of benzene rings is 1. The molecule has 0 radical (unpaired) electrons. The second-order valence-corrected chi connectivity index (χ2v) is 7.34. The first-order chi connectivity index (χ1) is 13.4. The Labute approximate surface area is 177 Å². The van der Waals surface area contributed by atoms with Gasteiger partial charge in [0.25, 0.3) is 0 Å². The summed E-state index contributed by atoms with van der Waals surface area (Å²) in [5.41, 5.74) is 0. The quantitative estimate of drug-likeness (QED) is 0.498. The molecule has 0 saturated heterocycles. The van der Waals surface area contributed by atoms with Crippen LogP contribution in [0, 0.1) is 0 Å². The molecule has 158 valence electrons. The standard InChI is InChI=1S/C20H30Cl2N2O4/c1-3-11-24(12-4-2)19(27)10-6-9-18(26)23-13-15(25)14-28-17-8-5-7-16(21)20(17)22/h5,7-8,15,25H,3-4,6,9-14H2,1-2H3,(H,23,26). The van der Waals surface area contributed by atoms with Gasteiger partial charge < -0.3 is 20.1 Å². The molecule has 0 aliphatic rings. The summed E-state index contributed by atoms with van der Waals surface area (Å²) in [5.74, 6) is 0.260. The summed E-state index contributed by atoms with van der Waals surface area (Å²) in [6, 6.07) is 4.99. The van der Waals surface area contributed by atoms with Crippen LogP contribution in [0.5, 0.6) is 5.75 Å². The lowest BCUT2D eigenvalue weighted by molar-refractivity contribution is -0.131. The van der Waals surface area contributed by atoms with Crippen LogP contribution < -0.4 is 10.1 Å². The normalized spacial score (nSPS) is 11.8. The molecule has 1 rings (SSSR count). The highest BCUT2D eigenvalue weighted by Crippen LogP contribution is 2.31. The third-order valence-electron chi connectivity index (χ3n) is 4.02. The van der Waals surface area contributed by atoms with Gasteiger partial charge in [0.05, 0.1) is 5.02 Å². The molecule has 0 aliphatic carbocycles. The summed E-state index contributed by atoms with van der Waals surface area (Å²) in [6.45, 7) is 5.62. The Kier molecular flexibility index (Phi) is 12.0. The number of amides is 2. The number of carbonyl (C=O) groups excluding carboxylic acids is 2. The maximum atomic E-state index is 12.2. The van der Waals surface area contributed by atoms with E-state index in [-0.39, 0.29) is 36.4 Å². The molecule has 1 aromatic rings. The van der Waals surface area contributed by atoms with Crippen LogP contribution >= 0.6 is 23.2 Å². The fourth-order valence-electron chi connectivity index (χ4n) is 2.62. The zero-order valence-electron chi connectivity index (χ0n) is 16.5. The van der Waals surface area contributed by atoms with Gasteiger partial charge in [-0.15, -0.1) is 0 Å². The third kappa shape index (κ3) is 9.13. The number of hydrogen-bond donors (Lipinski definition) is 2. The Balaban J connectivity index is 2.25.